The van der Waals surface area contributed by atoms with E-state index in [9.17, 15) is 4.79 Å². The van der Waals surface area contributed by atoms with E-state index in [0.717, 1.165) is 48.3 Å². The molecule has 2 aromatic heterocycles. The van der Waals surface area contributed by atoms with E-state index in [0.29, 0.717) is 23.9 Å². The predicted molar refractivity (Wildman–Crippen MR) is 138 cm³/mol. The number of rotatable bonds is 5. The average Bonchev–Trinajstić information content (AvgIpc) is 3.19. The predicted octanol–water partition coefficient (Wildman–Crippen LogP) is 2.82. The zero-order valence-electron chi connectivity index (χ0n) is 20.9. The molecule has 0 aliphatic carbocycles. The number of likely N-dealkylation sites (tertiary alicyclic amines) is 1. The molecule has 0 atom stereocenters. The average molecular weight is 464 g/mol. The second kappa shape index (κ2) is 9.54. The van der Waals surface area contributed by atoms with Gasteiger partial charge >= 0.3 is 0 Å². The highest BCUT2D eigenvalue weighted by Gasteiger charge is 2.24. The number of nitrogens with zero attached hydrogens (tertiary/aromatic N) is 4. The summed E-state index contributed by atoms with van der Waals surface area (Å²) in [6.07, 6.45) is 4.02. The highest BCUT2D eigenvalue weighted by atomic mass is 16.2. The van der Waals surface area contributed by atoms with Gasteiger partial charge in [-0.25, -0.2) is 0 Å². The van der Waals surface area contributed by atoms with Crippen molar-refractivity contribution in [3.05, 3.63) is 52.6 Å². The highest BCUT2D eigenvalue weighted by molar-refractivity contribution is 5.92. The quantitative estimate of drug-likeness (QED) is 0.399. The van der Waals surface area contributed by atoms with Gasteiger partial charge in [0.15, 0.2) is 5.49 Å². The van der Waals surface area contributed by atoms with Gasteiger partial charge in [-0.1, -0.05) is 19.9 Å². The second-order valence-corrected chi connectivity index (χ2v) is 9.98. The van der Waals surface area contributed by atoms with E-state index in [1.165, 1.54) is 21.2 Å². The number of carbonyl (C=O) groups is 1. The van der Waals surface area contributed by atoms with Gasteiger partial charge in [-0.15, -0.1) is 0 Å². The number of fused-ring (bicyclic) bond motifs is 1. The molecule has 0 saturated carbocycles. The van der Waals surface area contributed by atoms with E-state index >= 15 is 0 Å². The van der Waals surface area contributed by atoms with Crippen LogP contribution in [0.15, 0.2) is 35.6 Å². The molecule has 8 heteroatoms. The number of hydrogen-bond donors (Lipinski definition) is 3. The Balaban J connectivity index is 1.66. The van der Waals surface area contributed by atoms with Crippen LogP contribution in [0.5, 0.6) is 0 Å². The Morgan fingerprint density at radius 1 is 1.24 bits per heavy atom. The molecule has 0 bridgehead atoms. The first-order valence-electron chi connectivity index (χ1n) is 12.0. The Labute approximate surface area is 201 Å². The van der Waals surface area contributed by atoms with Crippen LogP contribution in [-0.2, 0) is 4.79 Å². The van der Waals surface area contributed by atoms with Crippen molar-refractivity contribution in [1.29, 1.82) is 0 Å². The van der Waals surface area contributed by atoms with Crippen molar-refractivity contribution in [3.8, 4) is 11.3 Å². The lowest BCUT2D eigenvalue weighted by Crippen LogP contribution is -2.40. The van der Waals surface area contributed by atoms with Crippen molar-refractivity contribution in [3.63, 3.8) is 0 Å². The number of aryl methyl sites for hydroxylation is 1. The smallest absolute Gasteiger partial charge is 0.236 e. The van der Waals surface area contributed by atoms with Gasteiger partial charge in [0, 0.05) is 36.8 Å². The molecular formula is C26H37N7O. The zero-order chi connectivity index (χ0) is 24.6. The van der Waals surface area contributed by atoms with Crippen LogP contribution in [0.25, 0.3) is 22.2 Å². The molecule has 34 heavy (non-hydrogen) atoms. The second-order valence-electron chi connectivity index (χ2n) is 9.98. The number of aromatic nitrogens is 2. The van der Waals surface area contributed by atoms with Gasteiger partial charge in [-0.2, -0.15) is 5.10 Å². The largest absolute Gasteiger partial charge is 0.354 e. The summed E-state index contributed by atoms with van der Waals surface area (Å²) in [6.45, 7) is 8.93. The summed E-state index contributed by atoms with van der Waals surface area (Å²) in [5.74, 6) is 12.6. The molecule has 1 aliphatic rings. The number of benzene rings is 1. The molecule has 3 heterocycles. The first-order valence-corrected chi connectivity index (χ1v) is 12.0. The maximum Gasteiger partial charge on any atom is 0.236 e. The van der Waals surface area contributed by atoms with Crippen molar-refractivity contribution in [2.75, 3.05) is 39.6 Å². The number of likely N-dealkylation sites (N-methyl/N-ethyl adjacent to an activating group) is 1. The van der Waals surface area contributed by atoms with Gasteiger partial charge in [-0.05, 0) is 79.6 Å². The minimum absolute atomic E-state index is 0.170. The molecule has 4 rings (SSSR count). The summed E-state index contributed by atoms with van der Waals surface area (Å²) >= 11 is 0. The zero-order valence-corrected chi connectivity index (χ0v) is 20.9. The van der Waals surface area contributed by atoms with Crippen LogP contribution in [-0.4, -0.2) is 59.1 Å². The minimum atomic E-state index is 0.170. The Hall–Kier alpha value is -3.26. The molecule has 1 aromatic carbocycles. The number of nitrogens with one attached hydrogen (secondary N) is 1. The number of carbonyl (C=O) groups excluding carboxylic acids is 1. The molecular weight excluding hydrogens is 426 g/mol. The van der Waals surface area contributed by atoms with Crippen molar-refractivity contribution >= 4 is 16.8 Å². The molecule has 0 spiro atoms. The number of hydrogen-bond acceptors (Lipinski definition) is 5. The first-order chi connectivity index (χ1) is 16.2. The molecule has 0 unspecified atom stereocenters. The van der Waals surface area contributed by atoms with Crippen molar-refractivity contribution in [2.45, 2.75) is 45.4 Å². The number of aromatic amines is 1. The number of nitrogen functional groups attached to an aromatic ring is 1. The SMILES string of the molecule is Cc1c/c(=N/N)n(N)cc1-c1[nH]c2ccc(C3CCN(CC(=O)N(C)C)CC3)cc2c1C(C)C. The van der Waals surface area contributed by atoms with Crippen LogP contribution in [0, 0.1) is 6.92 Å². The van der Waals surface area contributed by atoms with Gasteiger partial charge in [0.1, 0.15) is 0 Å². The Bertz CT molecular complexity index is 1260. The molecule has 1 fully saturated rings. The standard InChI is InChI=1S/C26H37N7O/c1-16(2)25-20-13-19(18-8-10-32(11-9-18)15-24(34)31(4)5)6-7-22(20)29-26(25)21-14-33(28)23(30-27)12-17(21)3/h6-7,12-14,16,18,29H,8-11,15,27-28H2,1-5H3/b30-23-. The van der Waals surface area contributed by atoms with Crippen molar-refractivity contribution in [1.82, 2.24) is 19.5 Å². The van der Waals surface area contributed by atoms with Gasteiger partial charge in [0.25, 0.3) is 0 Å². The van der Waals surface area contributed by atoms with Gasteiger partial charge in [-0.3, -0.25) is 14.4 Å². The van der Waals surface area contributed by atoms with E-state index in [2.05, 4.69) is 54.0 Å². The molecule has 8 nitrogen and oxygen atoms in total. The van der Waals surface area contributed by atoms with Crippen LogP contribution in [0.2, 0.25) is 0 Å². The summed E-state index contributed by atoms with van der Waals surface area (Å²) in [7, 11) is 3.64. The minimum Gasteiger partial charge on any atom is -0.354 e. The summed E-state index contributed by atoms with van der Waals surface area (Å²) in [6, 6.07) is 8.73. The fourth-order valence-corrected chi connectivity index (χ4v) is 5.07. The topological polar surface area (TPSA) is 109 Å². The number of amides is 1. The van der Waals surface area contributed by atoms with Crippen LogP contribution in [0.4, 0.5) is 0 Å². The lowest BCUT2D eigenvalue weighted by Gasteiger charge is -2.32. The summed E-state index contributed by atoms with van der Waals surface area (Å²) < 4.78 is 1.47. The third kappa shape index (κ3) is 4.55. The van der Waals surface area contributed by atoms with Crippen LogP contribution < -0.4 is 17.2 Å². The van der Waals surface area contributed by atoms with Crippen LogP contribution in [0.1, 0.15) is 55.2 Å². The van der Waals surface area contributed by atoms with Gasteiger partial charge in [0.05, 0.1) is 12.2 Å². The lowest BCUT2D eigenvalue weighted by molar-refractivity contribution is -0.130. The van der Waals surface area contributed by atoms with Crippen molar-refractivity contribution < 1.29 is 4.79 Å². The summed E-state index contributed by atoms with van der Waals surface area (Å²) in [4.78, 5) is 19.7. The number of piperidine rings is 1. The Kier molecular flexibility index (Phi) is 6.70. The first kappa shape index (κ1) is 23.9. The van der Waals surface area contributed by atoms with E-state index in [1.54, 1.807) is 4.90 Å². The molecule has 1 saturated heterocycles. The monoisotopic (exact) mass is 463 g/mol. The van der Waals surface area contributed by atoms with E-state index in [1.807, 2.05) is 26.4 Å². The fourth-order valence-electron chi connectivity index (χ4n) is 5.07. The normalized spacial score (nSPS) is 16.0. The molecule has 1 amide bonds. The summed E-state index contributed by atoms with van der Waals surface area (Å²) in [5, 5.41) is 5.03. The van der Waals surface area contributed by atoms with Crippen LogP contribution >= 0.6 is 0 Å². The molecule has 182 valence electrons. The highest BCUT2D eigenvalue weighted by Crippen LogP contribution is 2.38. The summed E-state index contributed by atoms with van der Waals surface area (Å²) in [5.41, 5.74) is 7.55. The third-order valence-electron chi connectivity index (χ3n) is 7.06. The number of H-pyrrole nitrogens is 1. The van der Waals surface area contributed by atoms with E-state index < -0.39 is 0 Å². The van der Waals surface area contributed by atoms with Crippen molar-refractivity contribution in [2.24, 2.45) is 10.9 Å². The van der Waals surface area contributed by atoms with E-state index in [-0.39, 0.29) is 5.91 Å². The Morgan fingerprint density at radius 2 is 1.94 bits per heavy atom. The molecule has 5 N–H and O–H groups in total. The Morgan fingerprint density at radius 3 is 2.56 bits per heavy atom. The number of nitrogens with two attached hydrogens (primary N) is 2. The van der Waals surface area contributed by atoms with Gasteiger partial charge < -0.3 is 21.6 Å². The fraction of sp³-hybridized carbons (Fsp3) is 0.462. The van der Waals surface area contributed by atoms with E-state index in [4.69, 9.17) is 11.7 Å². The molecule has 1 aliphatic heterocycles. The lowest BCUT2D eigenvalue weighted by atomic mass is 9.87. The molecule has 0 radical (unpaired) electrons. The maximum absolute atomic E-state index is 12.1. The molecule has 3 aromatic rings. The van der Waals surface area contributed by atoms with Gasteiger partial charge in [0.2, 0.25) is 5.91 Å². The number of pyridine rings is 1. The van der Waals surface area contributed by atoms with Crippen LogP contribution in [0.3, 0.4) is 0 Å². The third-order valence-corrected chi connectivity index (χ3v) is 7.06. The maximum atomic E-state index is 12.1.